The van der Waals surface area contributed by atoms with Gasteiger partial charge < -0.3 is 0 Å². The fraction of sp³-hybridized carbons (Fsp3) is 0. The number of nitrogens with zero attached hydrogens (tertiary/aromatic N) is 2. The van der Waals surface area contributed by atoms with E-state index in [1.807, 2.05) is 0 Å². The first-order valence-electron chi connectivity index (χ1n) is 5.62. The molecule has 20 heavy (non-hydrogen) atoms. The monoisotopic (exact) mass is 291 g/mol. The smallest absolute Gasteiger partial charge is 0.273 e. The topological polar surface area (TPSA) is 67.8 Å². The fourth-order valence-electron chi connectivity index (χ4n) is 2.03. The van der Waals surface area contributed by atoms with Gasteiger partial charge in [-0.05, 0) is 24.3 Å². The maximum Gasteiger partial charge on any atom is 0.333 e. The molecule has 5 nitrogen and oxygen atoms in total. The Labute approximate surface area is 116 Å². The third-order valence-corrected chi connectivity index (χ3v) is 3.05. The summed E-state index contributed by atoms with van der Waals surface area (Å²) in [6.07, 6.45) is 2.97. The normalized spacial score (nSPS) is 10.9. The first-order chi connectivity index (χ1) is 9.58. The predicted molar refractivity (Wildman–Crippen MR) is 72.9 cm³/mol. The second-order valence-corrected chi connectivity index (χ2v) is 4.52. The zero-order chi connectivity index (χ0) is 14.3. The molecule has 3 rings (SSSR count). The fourth-order valence-corrected chi connectivity index (χ4v) is 2.23. The SMILES string of the molecule is O=c1[nH]c(=O)n(-c2cccnc2)c2cc(Cl)cc(F)c12. The highest BCUT2D eigenvalue weighted by atomic mass is 35.5. The van der Waals surface area contributed by atoms with Crippen LogP contribution in [-0.2, 0) is 0 Å². The number of nitrogens with one attached hydrogen (secondary N) is 1. The van der Waals surface area contributed by atoms with Gasteiger partial charge in [0.05, 0.1) is 22.8 Å². The Morgan fingerprint density at radius 1 is 1.30 bits per heavy atom. The minimum Gasteiger partial charge on any atom is -0.273 e. The molecule has 0 spiro atoms. The lowest BCUT2D eigenvalue weighted by Crippen LogP contribution is -2.29. The van der Waals surface area contributed by atoms with E-state index in [4.69, 9.17) is 11.6 Å². The van der Waals surface area contributed by atoms with E-state index >= 15 is 0 Å². The van der Waals surface area contributed by atoms with Gasteiger partial charge in [0, 0.05) is 11.2 Å². The van der Waals surface area contributed by atoms with Crippen LogP contribution in [-0.4, -0.2) is 14.5 Å². The van der Waals surface area contributed by atoms with E-state index in [1.165, 1.54) is 18.5 Å². The second kappa shape index (κ2) is 4.57. The largest absolute Gasteiger partial charge is 0.333 e. The molecule has 1 aromatic carbocycles. The van der Waals surface area contributed by atoms with E-state index in [0.717, 1.165) is 10.6 Å². The average molecular weight is 292 g/mol. The van der Waals surface area contributed by atoms with Gasteiger partial charge in [-0.15, -0.1) is 0 Å². The molecule has 0 aliphatic heterocycles. The van der Waals surface area contributed by atoms with Crippen LogP contribution in [0.15, 0.2) is 46.2 Å². The summed E-state index contributed by atoms with van der Waals surface area (Å²) in [5, 5.41) is -0.129. The molecule has 0 fully saturated rings. The number of hydrogen-bond acceptors (Lipinski definition) is 3. The highest BCUT2D eigenvalue weighted by Crippen LogP contribution is 2.21. The molecule has 0 aliphatic carbocycles. The summed E-state index contributed by atoms with van der Waals surface area (Å²) in [5.41, 5.74) is -0.978. The number of aromatic nitrogens is 3. The lowest BCUT2D eigenvalue weighted by molar-refractivity contribution is 0.637. The van der Waals surface area contributed by atoms with Crippen LogP contribution in [0.25, 0.3) is 16.6 Å². The Kier molecular flexibility index (Phi) is 2.87. The number of hydrogen-bond donors (Lipinski definition) is 1. The Morgan fingerprint density at radius 3 is 2.80 bits per heavy atom. The minimum absolute atomic E-state index is 0.0942. The van der Waals surface area contributed by atoms with Crippen molar-refractivity contribution in [1.82, 2.24) is 14.5 Å². The molecule has 0 bridgehead atoms. The first kappa shape index (κ1) is 12.6. The summed E-state index contributed by atoms with van der Waals surface area (Å²) in [7, 11) is 0. The second-order valence-electron chi connectivity index (χ2n) is 4.09. The Hall–Kier alpha value is -2.47. The molecule has 3 aromatic rings. The zero-order valence-corrected chi connectivity index (χ0v) is 10.7. The molecular weight excluding hydrogens is 285 g/mol. The van der Waals surface area contributed by atoms with Crippen molar-refractivity contribution in [3.8, 4) is 5.69 Å². The van der Waals surface area contributed by atoms with E-state index in [-0.39, 0.29) is 15.9 Å². The van der Waals surface area contributed by atoms with E-state index in [1.54, 1.807) is 12.1 Å². The van der Waals surface area contributed by atoms with E-state index < -0.39 is 17.1 Å². The summed E-state index contributed by atoms with van der Waals surface area (Å²) >= 11 is 5.80. The lowest BCUT2D eigenvalue weighted by atomic mass is 10.2. The Balaban J connectivity index is 2.56. The van der Waals surface area contributed by atoms with Gasteiger partial charge in [0.15, 0.2) is 0 Å². The third-order valence-electron chi connectivity index (χ3n) is 2.83. The van der Waals surface area contributed by atoms with Crippen molar-refractivity contribution in [1.29, 1.82) is 0 Å². The van der Waals surface area contributed by atoms with Gasteiger partial charge in [0.2, 0.25) is 0 Å². The number of fused-ring (bicyclic) bond motifs is 1. The number of H-pyrrole nitrogens is 1. The molecule has 7 heteroatoms. The van der Waals surface area contributed by atoms with Crippen molar-refractivity contribution in [2.24, 2.45) is 0 Å². The summed E-state index contributed by atoms with van der Waals surface area (Å²) in [6, 6.07) is 5.63. The van der Waals surface area contributed by atoms with Crippen molar-refractivity contribution in [3.63, 3.8) is 0 Å². The quantitative estimate of drug-likeness (QED) is 0.744. The van der Waals surface area contributed by atoms with Gasteiger partial charge in [-0.3, -0.25) is 19.3 Å². The van der Waals surface area contributed by atoms with E-state index in [9.17, 15) is 14.0 Å². The van der Waals surface area contributed by atoms with Crippen molar-refractivity contribution in [3.05, 3.63) is 68.3 Å². The van der Waals surface area contributed by atoms with Gasteiger partial charge in [-0.1, -0.05) is 11.6 Å². The molecule has 0 saturated carbocycles. The molecule has 2 heterocycles. The van der Waals surface area contributed by atoms with Crippen LogP contribution in [0.2, 0.25) is 5.02 Å². The lowest BCUT2D eigenvalue weighted by Gasteiger charge is -2.09. The summed E-state index contributed by atoms with van der Waals surface area (Å²) in [4.78, 5) is 29.7. The van der Waals surface area contributed by atoms with Crippen molar-refractivity contribution in [2.45, 2.75) is 0 Å². The highest BCUT2D eigenvalue weighted by molar-refractivity contribution is 6.31. The van der Waals surface area contributed by atoms with Gasteiger partial charge >= 0.3 is 5.69 Å². The molecule has 0 amide bonds. The maximum absolute atomic E-state index is 13.9. The van der Waals surface area contributed by atoms with Crippen LogP contribution in [0, 0.1) is 5.82 Å². The molecule has 0 unspecified atom stereocenters. The predicted octanol–water partition coefficient (Wildman–Crippen LogP) is 1.87. The molecule has 0 aliphatic rings. The van der Waals surface area contributed by atoms with Gasteiger partial charge in [-0.25, -0.2) is 9.18 Å². The number of benzene rings is 1. The maximum atomic E-state index is 13.9. The molecule has 0 atom stereocenters. The first-order valence-corrected chi connectivity index (χ1v) is 6.00. The van der Waals surface area contributed by atoms with Crippen LogP contribution in [0.5, 0.6) is 0 Å². The van der Waals surface area contributed by atoms with Crippen LogP contribution in [0.1, 0.15) is 0 Å². The van der Waals surface area contributed by atoms with Crippen LogP contribution in [0.3, 0.4) is 0 Å². The molecular formula is C13H7ClFN3O2. The van der Waals surface area contributed by atoms with Crippen LogP contribution < -0.4 is 11.2 Å². The minimum atomic E-state index is -0.792. The van der Waals surface area contributed by atoms with Crippen LogP contribution in [0.4, 0.5) is 4.39 Å². The van der Waals surface area contributed by atoms with Crippen molar-refractivity contribution in [2.75, 3.05) is 0 Å². The summed E-state index contributed by atoms with van der Waals surface area (Å²) in [5.74, 6) is -0.786. The average Bonchev–Trinajstić information content (AvgIpc) is 2.38. The molecule has 0 saturated heterocycles. The van der Waals surface area contributed by atoms with Gasteiger partial charge in [0.25, 0.3) is 5.56 Å². The summed E-state index contributed by atoms with van der Waals surface area (Å²) < 4.78 is 15.1. The molecule has 2 aromatic heterocycles. The zero-order valence-electron chi connectivity index (χ0n) is 9.93. The van der Waals surface area contributed by atoms with Crippen molar-refractivity contribution >= 4 is 22.5 Å². The number of pyridine rings is 1. The number of rotatable bonds is 1. The van der Waals surface area contributed by atoms with Gasteiger partial charge in [0.1, 0.15) is 5.82 Å². The standard InChI is InChI=1S/C13H7ClFN3O2/c14-7-4-9(15)11-10(5-7)18(13(20)17-12(11)19)8-2-1-3-16-6-8/h1-6H,(H,17,19,20). The van der Waals surface area contributed by atoms with E-state index in [2.05, 4.69) is 9.97 Å². The number of aromatic amines is 1. The molecule has 1 N–H and O–H groups in total. The molecule has 0 radical (unpaired) electrons. The van der Waals surface area contributed by atoms with Crippen LogP contribution >= 0.6 is 11.6 Å². The van der Waals surface area contributed by atoms with Gasteiger partial charge in [-0.2, -0.15) is 0 Å². The molecule has 100 valence electrons. The number of halogens is 2. The Bertz CT molecular complexity index is 919. The third kappa shape index (κ3) is 1.90. The van der Waals surface area contributed by atoms with Crippen molar-refractivity contribution < 1.29 is 4.39 Å². The summed E-state index contributed by atoms with van der Waals surface area (Å²) in [6.45, 7) is 0. The van der Waals surface area contributed by atoms with E-state index in [0.29, 0.717) is 5.69 Å². The Morgan fingerprint density at radius 2 is 2.10 bits per heavy atom. The highest BCUT2D eigenvalue weighted by Gasteiger charge is 2.14.